The summed E-state index contributed by atoms with van der Waals surface area (Å²) < 4.78 is 43.6. The molecule has 0 spiro atoms. The minimum absolute atomic E-state index is 0.0258. The van der Waals surface area contributed by atoms with E-state index in [1.54, 1.807) is 5.48 Å². The third-order valence-electron chi connectivity index (χ3n) is 3.60. The molecule has 0 fully saturated rings. The molecule has 1 atom stereocenters. The third kappa shape index (κ3) is 6.25. The molecule has 29 heavy (non-hydrogen) atoms. The van der Waals surface area contributed by atoms with E-state index in [9.17, 15) is 28.3 Å². The van der Waals surface area contributed by atoms with Gasteiger partial charge in [-0.15, -0.1) is 11.8 Å². The van der Waals surface area contributed by atoms with E-state index in [0.717, 1.165) is 30.0 Å². The molecule has 0 aliphatic carbocycles. The molecule has 0 saturated heterocycles. The van der Waals surface area contributed by atoms with Gasteiger partial charge in [0, 0.05) is 12.2 Å². The standard InChI is InChI=1S/C16H17F3N4O5S/c17-10-4-3-8(6-9(10)14(18)19)20-15(21-27)13-16(23-28-22-13)29-5-1-2-11(25)12(26)7-24/h3-4,6,12,14,24,26-27H,1-2,5,7H2,(H,20,21). The average Bonchev–Trinajstić information content (AvgIpc) is 3.17. The van der Waals surface area contributed by atoms with Gasteiger partial charge >= 0.3 is 0 Å². The molecular weight excluding hydrogens is 417 g/mol. The summed E-state index contributed by atoms with van der Waals surface area (Å²) >= 11 is 1.10. The number of hydrogen-bond donors (Lipinski definition) is 4. The number of aliphatic hydroxyl groups is 2. The van der Waals surface area contributed by atoms with Crippen molar-refractivity contribution in [3.05, 3.63) is 35.3 Å². The van der Waals surface area contributed by atoms with E-state index in [1.165, 1.54) is 0 Å². The fourth-order valence-electron chi connectivity index (χ4n) is 2.13. The van der Waals surface area contributed by atoms with Crippen LogP contribution in [0.1, 0.15) is 30.5 Å². The number of rotatable bonds is 10. The van der Waals surface area contributed by atoms with E-state index >= 15 is 0 Å². The quantitative estimate of drug-likeness (QED) is 0.145. The first-order valence-corrected chi connectivity index (χ1v) is 9.19. The average molecular weight is 434 g/mol. The zero-order valence-electron chi connectivity index (χ0n) is 14.8. The van der Waals surface area contributed by atoms with E-state index in [2.05, 4.69) is 19.9 Å². The number of halogens is 3. The van der Waals surface area contributed by atoms with Gasteiger partial charge in [-0.25, -0.2) is 22.8 Å². The van der Waals surface area contributed by atoms with Gasteiger partial charge in [-0.1, -0.05) is 0 Å². The van der Waals surface area contributed by atoms with Gasteiger partial charge in [0.05, 0.1) is 17.9 Å². The van der Waals surface area contributed by atoms with Crippen molar-refractivity contribution in [3.8, 4) is 0 Å². The molecule has 9 nitrogen and oxygen atoms in total. The topological polar surface area (TPSA) is 141 Å². The second kappa shape index (κ2) is 10.9. The molecule has 0 amide bonds. The fraction of sp³-hybridized carbons (Fsp3) is 0.375. The minimum Gasteiger partial charge on any atom is -0.393 e. The van der Waals surface area contributed by atoms with Crippen LogP contribution in [0.5, 0.6) is 0 Å². The Morgan fingerprint density at radius 1 is 1.34 bits per heavy atom. The number of hydrogen-bond acceptors (Lipinski definition) is 9. The molecule has 1 unspecified atom stereocenters. The summed E-state index contributed by atoms with van der Waals surface area (Å²) in [6, 6.07) is 2.79. The molecule has 4 N–H and O–H groups in total. The van der Waals surface area contributed by atoms with Gasteiger partial charge in [0.1, 0.15) is 11.9 Å². The number of benzene rings is 1. The third-order valence-corrected chi connectivity index (χ3v) is 4.63. The molecule has 1 aromatic heterocycles. The number of nitrogens with zero attached hydrogens (tertiary/aromatic N) is 3. The highest BCUT2D eigenvalue weighted by molar-refractivity contribution is 7.99. The number of nitrogens with one attached hydrogen (secondary N) is 1. The van der Waals surface area contributed by atoms with Crippen LogP contribution >= 0.6 is 11.8 Å². The number of carbonyl (C=O) groups is 1. The second-order valence-electron chi connectivity index (χ2n) is 5.61. The van der Waals surface area contributed by atoms with Gasteiger partial charge in [-0.3, -0.25) is 15.5 Å². The van der Waals surface area contributed by atoms with E-state index in [4.69, 9.17) is 5.11 Å². The fourth-order valence-corrected chi connectivity index (χ4v) is 2.97. The van der Waals surface area contributed by atoms with Crippen molar-refractivity contribution in [2.45, 2.75) is 30.4 Å². The van der Waals surface area contributed by atoms with Gasteiger partial charge in [0.15, 0.2) is 22.3 Å². The van der Waals surface area contributed by atoms with E-state index in [-0.39, 0.29) is 28.7 Å². The highest BCUT2D eigenvalue weighted by Gasteiger charge is 2.19. The Bertz CT molecular complexity index is 865. The molecule has 0 aliphatic heterocycles. The van der Waals surface area contributed by atoms with Crippen LogP contribution in [-0.4, -0.2) is 55.8 Å². The molecule has 1 heterocycles. The molecule has 2 aromatic rings. The van der Waals surface area contributed by atoms with Crippen LogP contribution in [0.4, 0.5) is 18.9 Å². The summed E-state index contributed by atoms with van der Waals surface area (Å²) in [4.78, 5) is 15.4. The molecule has 13 heteroatoms. The Balaban J connectivity index is 2.10. The van der Waals surface area contributed by atoms with Gasteiger partial charge in [0.25, 0.3) is 6.43 Å². The molecule has 2 rings (SSSR count). The number of alkyl halides is 2. The van der Waals surface area contributed by atoms with E-state index < -0.39 is 36.3 Å². The lowest BCUT2D eigenvalue weighted by Gasteiger charge is -2.06. The van der Waals surface area contributed by atoms with Crippen LogP contribution in [0.15, 0.2) is 32.8 Å². The number of aromatic nitrogens is 2. The van der Waals surface area contributed by atoms with E-state index in [1.807, 2.05) is 0 Å². The first-order valence-electron chi connectivity index (χ1n) is 8.21. The SMILES string of the molecule is O=C(CCCSc1nonc1C(=Nc1ccc(F)c(C(F)F)c1)NO)C(O)CO. The summed E-state index contributed by atoms with van der Waals surface area (Å²) in [6.45, 7) is -0.651. The van der Waals surface area contributed by atoms with Gasteiger partial charge in [0.2, 0.25) is 0 Å². The highest BCUT2D eigenvalue weighted by atomic mass is 32.2. The number of aliphatic imine (C=N–C) groups is 1. The summed E-state index contributed by atoms with van der Waals surface area (Å²) in [6.07, 6.45) is -4.08. The maximum absolute atomic E-state index is 13.4. The molecule has 1 aromatic carbocycles. The number of ketones is 1. The van der Waals surface area contributed by atoms with Crippen LogP contribution in [0.2, 0.25) is 0 Å². The molecule has 0 bridgehead atoms. The smallest absolute Gasteiger partial charge is 0.266 e. The van der Waals surface area contributed by atoms with Crippen molar-refractivity contribution >= 4 is 29.1 Å². The Morgan fingerprint density at radius 3 is 2.76 bits per heavy atom. The van der Waals surface area contributed by atoms with Crippen molar-refractivity contribution in [2.24, 2.45) is 4.99 Å². The van der Waals surface area contributed by atoms with Crippen molar-refractivity contribution in [2.75, 3.05) is 12.4 Å². The molecular formula is C16H17F3N4O5S. The summed E-state index contributed by atoms with van der Waals surface area (Å²) in [5.41, 5.74) is 0.830. The Hall–Kier alpha value is -2.48. The number of hydroxylamine groups is 1. The first kappa shape index (κ1) is 22.8. The molecule has 0 aliphatic rings. The van der Waals surface area contributed by atoms with Crippen molar-refractivity contribution in [3.63, 3.8) is 0 Å². The number of amidine groups is 1. The normalized spacial score (nSPS) is 13.0. The second-order valence-corrected chi connectivity index (χ2v) is 6.70. The van der Waals surface area contributed by atoms with Gasteiger partial charge < -0.3 is 10.2 Å². The maximum atomic E-state index is 13.4. The lowest BCUT2D eigenvalue weighted by Crippen LogP contribution is -2.24. The van der Waals surface area contributed by atoms with Crippen LogP contribution in [0.3, 0.4) is 0 Å². The lowest BCUT2D eigenvalue weighted by molar-refractivity contribution is -0.128. The lowest BCUT2D eigenvalue weighted by atomic mass is 10.1. The predicted octanol–water partition coefficient (Wildman–Crippen LogP) is 2.00. The number of Topliss-reactive ketones (excluding diaryl/α,β-unsaturated/α-hetero) is 1. The molecule has 0 radical (unpaired) electrons. The van der Waals surface area contributed by atoms with Crippen LogP contribution in [0, 0.1) is 5.82 Å². The minimum atomic E-state index is -3.04. The largest absolute Gasteiger partial charge is 0.393 e. The summed E-state index contributed by atoms with van der Waals surface area (Å²) in [5.74, 6) is -1.50. The highest BCUT2D eigenvalue weighted by Crippen LogP contribution is 2.27. The Kier molecular flexibility index (Phi) is 8.57. The number of carbonyl (C=O) groups excluding carboxylic acids is 1. The van der Waals surface area contributed by atoms with E-state index in [0.29, 0.717) is 12.2 Å². The number of aliphatic hydroxyl groups excluding tert-OH is 2. The van der Waals surface area contributed by atoms with Gasteiger partial charge in [-0.2, -0.15) is 0 Å². The van der Waals surface area contributed by atoms with Gasteiger partial charge in [-0.05, 0) is 34.9 Å². The first-order chi connectivity index (χ1) is 13.9. The maximum Gasteiger partial charge on any atom is 0.266 e. The van der Waals surface area contributed by atoms with Crippen molar-refractivity contribution < 1.29 is 38.0 Å². The van der Waals surface area contributed by atoms with Crippen LogP contribution in [-0.2, 0) is 4.79 Å². The Labute approximate surface area is 166 Å². The van der Waals surface area contributed by atoms with Crippen molar-refractivity contribution in [1.29, 1.82) is 0 Å². The molecule has 158 valence electrons. The predicted molar refractivity (Wildman–Crippen MR) is 94.8 cm³/mol. The zero-order valence-corrected chi connectivity index (χ0v) is 15.6. The van der Waals surface area contributed by atoms with Crippen LogP contribution in [0.25, 0.3) is 0 Å². The summed E-state index contributed by atoms with van der Waals surface area (Å²) in [5, 5.41) is 34.7. The zero-order chi connectivity index (χ0) is 21.4. The monoisotopic (exact) mass is 434 g/mol. The Morgan fingerprint density at radius 2 is 2.10 bits per heavy atom. The number of thioether (sulfide) groups is 1. The van der Waals surface area contributed by atoms with Crippen LogP contribution < -0.4 is 5.48 Å². The summed E-state index contributed by atoms with van der Waals surface area (Å²) in [7, 11) is 0. The van der Waals surface area contributed by atoms with Crippen molar-refractivity contribution in [1.82, 2.24) is 15.8 Å². The molecule has 0 saturated carbocycles.